The summed E-state index contributed by atoms with van der Waals surface area (Å²) in [6.07, 6.45) is 9.72. The van der Waals surface area contributed by atoms with Crippen molar-refractivity contribution in [3.63, 3.8) is 0 Å². The number of allylic oxidation sites excluding steroid dienone is 4. The van der Waals surface area contributed by atoms with E-state index in [1.54, 1.807) is 0 Å². The van der Waals surface area contributed by atoms with Crippen molar-refractivity contribution < 1.29 is 4.42 Å². The van der Waals surface area contributed by atoms with Crippen molar-refractivity contribution in [2.45, 2.75) is 12.3 Å². The van der Waals surface area contributed by atoms with Crippen LogP contribution < -0.4 is 0 Å². The van der Waals surface area contributed by atoms with Crippen LogP contribution in [0.2, 0.25) is 0 Å². The minimum atomic E-state index is 0.335. The topological polar surface area (TPSA) is 56.7 Å². The van der Waals surface area contributed by atoms with E-state index in [2.05, 4.69) is 217 Å². The minimum absolute atomic E-state index is 0.335. The average molecular weight is 871 g/mol. The molecule has 0 saturated carbocycles. The molecule has 0 bridgehead atoms. The predicted molar refractivity (Wildman–Crippen MR) is 280 cm³/mol. The zero-order valence-electron chi connectivity index (χ0n) is 37.0. The zero-order valence-corrected chi connectivity index (χ0v) is 37.0. The Bertz CT molecular complexity index is 3860. The molecule has 0 radical (unpaired) electrons. The summed E-state index contributed by atoms with van der Waals surface area (Å²) < 4.78 is 8.72. The number of furan rings is 1. The highest BCUT2D eigenvalue weighted by Crippen LogP contribution is 2.45. The highest BCUT2D eigenvalue weighted by atomic mass is 16.3. The molecule has 13 rings (SSSR count). The molecule has 68 heavy (non-hydrogen) atoms. The molecule has 0 N–H and O–H groups in total. The molecular weight excluding hydrogens is 829 g/mol. The van der Waals surface area contributed by atoms with Crippen LogP contribution in [-0.4, -0.2) is 19.5 Å². The van der Waals surface area contributed by atoms with Gasteiger partial charge in [0.2, 0.25) is 0 Å². The highest BCUT2D eigenvalue weighted by molar-refractivity contribution is 6.12. The van der Waals surface area contributed by atoms with Crippen molar-refractivity contribution >= 4 is 43.7 Å². The molecule has 5 nitrogen and oxygen atoms in total. The van der Waals surface area contributed by atoms with Crippen molar-refractivity contribution in [1.29, 1.82) is 0 Å². The number of para-hydroxylation sites is 2. The standard InChI is InChI=1S/C63H42N4O/c1-5-17-41(18-6-1)43-29-31-46(32-30-43)61-64-62(48-34-36-59-55(38-48)51-26-14-16-28-58(51)68-59)66-63(65-61)49-39-52(44-21-9-3-10-22-44)60(53(40-49)45-23-11-4-12-24-45)67-56-27-15-13-25-50(56)54-37-47(33-35-57(54)67)42-19-7-2-8-20-42/h1-17,19-41H,18H2. The van der Waals surface area contributed by atoms with Crippen LogP contribution in [0.4, 0.5) is 0 Å². The van der Waals surface area contributed by atoms with Gasteiger partial charge in [-0.25, -0.2) is 15.0 Å². The monoisotopic (exact) mass is 870 g/mol. The molecule has 0 fully saturated rings. The Morgan fingerprint density at radius 3 is 1.62 bits per heavy atom. The summed E-state index contributed by atoms with van der Waals surface area (Å²) in [5, 5.41) is 4.46. The van der Waals surface area contributed by atoms with Gasteiger partial charge in [-0.1, -0.05) is 182 Å². The third-order valence-electron chi connectivity index (χ3n) is 13.4. The Balaban J connectivity index is 1.07. The first-order valence-electron chi connectivity index (χ1n) is 23.2. The van der Waals surface area contributed by atoms with Gasteiger partial charge < -0.3 is 8.98 Å². The van der Waals surface area contributed by atoms with Crippen molar-refractivity contribution in [2.75, 3.05) is 0 Å². The van der Waals surface area contributed by atoms with Gasteiger partial charge in [-0.2, -0.15) is 0 Å². The third kappa shape index (κ3) is 6.92. The smallest absolute Gasteiger partial charge is 0.164 e. The van der Waals surface area contributed by atoms with Gasteiger partial charge in [0, 0.05) is 55.3 Å². The largest absolute Gasteiger partial charge is 0.456 e. The van der Waals surface area contributed by atoms with Crippen molar-refractivity contribution in [3.8, 4) is 73.2 Å². The quantitative estimate of drug-likeness (QED) is 0.153. The zero-order chi connectivity index (χ0) is 45.0. The minimum Gasteiger partial charge on any atom is -0.456 e. The van der Waals surface area contributed by atoms with Crippen LogP contribution in [0, 0.1) is 0 Å². The van der Waals surface area contributed by atoms with Crippen LogP contribution in [0.25, 0.3) is 117 Å². The Morgan fingerprint density at radius 2 is 0.926 bits per heavy atom. The van der Waals surface area contributed by atoms with Crippen LogP contribution in [0.3, 0.4) is 0 Å². The maximum Gasteiger partial charge on any atom is 0.164 e. The average Bonchev–Trinajstić information content (AvgIpc) is 3.96. The molecule has 0 aliphatic heterocycles. The van der Waals surface area contributed by atoms with Crippen LogP contribution in [0.15, 0.2) is 241 Å². The fourth-order valence-electron chi connectivity index (χ4n) is 10.0. The molecule has 1 aliphatic carbocycles. The number of benzene rings is 9. The summed E-state index contributed by atoms with van der Waals surface area (Å²) in [5.41, 5.74) is 15.6. The second-order valence-corrected chi connectivity index (χ2v) is 17.5. The number of aromatic nitrogens is 4. The summed E-state index contributed by atoms with van der Waals surface area (Å²) in [7, 11) is 0. The van der Waals surface area contributed by atoms with Crippen LogP contribution in [0.5, 0.6) is 0 Å². The summed E-state index contributed by atoms with van der Waals surface area (Å²) in [5.74, 6) is 2.12. The van der Waals surface area contributed by atoms with E-state index in [9.17, 15) is 0 Å². The number of hydrogen-bond donors (Lipinski definition) is 0. The van der Waals surface area contributed by atoms with Gasteiger partial charge in [0.1, 0.15) is 11.2 Å². The predicted octanol–water partition coefficient (Wildman–Crippen LogP) is 16.5. The van der Waals surface area contributed by atoms with Gasteiger partial charge >= 0.3 is 0 Å². The maximum atomic E-state index is 6.26. The summed E-state index contributed by atoms with van der Waals surface area (Å²) in [4.78, 5) is 16.0. The van der Waals surface area contributed by atoms with Gasteiger partial charge in [0.15, 0.2) is 17.5 Å². The number of fused-ring (bicyclic) bond motifs is 6. The van der Waals surface area contributed by atoms with Gasteiger partial charge in [0.25, 0.3) is 0 Å². The summed E-state index contributed by atoms with van der Waals surface area (Å²) in [6.45, 7) is 0. The lowest BCUT2D eigenvalue weighted by atomic mass is 9.92. The van der Waals surface area contributed by atoms with E-state index in [-0.39, 0.29) is 0 Å². The Morgan fingerprint density at radius 1 is 0.382 bits per heavy atom. The van der Waals surface area contributed by atoms with Gasteiger partial charge in [-0.15, -0.1) is 0 Å². The number of hydrogen-bond acceptors (Lipinski definition) is 4. The van der Waals surface area contributed by atoms with Crippen molar-refractivity contribution in [1.82, 2.24) is 19.5 Å². The molecule has 0 spiro atoms. The van der Waals surface area contributed by atoms with E-state index < -0.39 is 0 Å². The fraction of sp³-hybridized carbons (Fsp3) is 0.0317. The van der Waals surface area contributed by atoms with E-state index in [1.165, 1.54) is 27.5 Å². The SMILES string of the molecule is C1=CCC(c2ccc(-c3nc(-c4cc(-c5ccccc5)c(-n5c6ccccc6c6cc(-c7ccccc7)ccc65)c(-c5ccccc5)c4)nc(-c4ccc5oc6ccccc6c5c4)n3)cc2)C=C1. The second kappa shape index (κ2) is 16.5. The van der Waals surface area contributed by atoms with Crippen LogP contribution in [0.1, 0.15) is 17.9 Å². The summed E-state index contributed by atoms with van der Waals surface area (Å²) in [6, 6.07) is 75.4. The van der Waals surface area contributed by atoms with E-state index in [0.717, 1.165) is 84.0 Å². The van der Waals surface area contributed by atoms with Gasteiger partial charge in [-0.3, -0.25) is 0 Å². The maximum absolute atomic E-state index is 6.26. The molecule has 1 atom stereocenters. The Kier molecular flexibility index (Phi) is 9.57. The first-order valence-corrected chi connectivity index (χ1v) is 23.2. The molecule has 5 heteroatoms. The van der Waals surface area contributed by atoms with Gasteiger partial charge in [-0.05, 0) is 88.8 Å². The molecule has 1 unspecified atom stereocenters. The fourth-order valence-corrected chi connectivity index (χ4v) is 10.0. The molecular formula is C63H42N4O. The number of nitrogens with zero attached hydrogens (tertiary/aromatic N) is 4. The molecule has 1 aliphatic rings. The van der Waals surface area contributed by atoms with Crippen LogP contribution >= 0.6 is 0 Å². The first-order chi connectivity index (χ1) is 33.7. The highest BCUT2D eigenvalue weighted by Gasteiger charge is 2.24. The lowest BCUT2D eigenvalue weighted by Gasteiger charge is -2.21. The van der Waals surface area contributed by atoms with E-state index in [0.29, 0.717) is 23.4 Å². The second-order valence-electron chi connectivity index (χ2n) is 17.5. The van der Waals surface area contributed by atoms with Gasteiger partial charge in [0.05, 0.1) is 16.7 Å². The molecule has 320 valence electrons. The van der Waals surface area contributed by atoms with Crippen molar-refractivity contribution in [3.05, 3.63) is 242 Å². The first kappa shape index (κ1) is 39.4. The van der Waals surface area contributed by atoms with Crippen LogP contribution in [-0.2, 0) is 0 Å². The molecule has 9 aromatic carbocycles. The van der Waals surface area contributed by atoms with E-state index in [1.807, 2.05) is 24.3 Å². The molecule has 12 aromatic rings. The summed E-state index contributed by atoms with van der Waals surface area (Å²) >= 11 is 0. The Labute approximate surface area is 393 Å². The Hall–Kier alpha value is -8.93. The van der Waals surface area contributed by atoms with E-state index >= 15 is 0 Å². The molecule has 3 aromatic heterocycles. The normalized spacial score (nSPS) is 13.6. The third-order valence-corrected chi connectivity index (χ3v) is 13.4. The lowest BCUT2D eigenvalue weighted by Crippen LogP contribution is -2.04. The molecule has 3 heterocycles. The molecule has 0 saturated heterocycles. The van der Waals surface area contributed by atoms with Crippen molar-refractivity contribution in [2.24, 2.45) is 0 Å². The molecule has 0 amide bonds. The lowest BCUT2D eigenvalue weighted by molar-refractivity contribution is 0.669. The van der Waals surface area contributed by atoms with E-state index in [4.69, 9.17) is 19.4 Å². The number of rotatable bonds is 8.